The summed E-state index contributed by atoms with van der Waals surface area (Å²) in [4.78, 5) is 34.8. The maximum Gasteiger partial charge on any atom is 0.269 e. The van der Waals surface area contributed by atoms with Crippen LogP contribution < -0.4 is 10.6 Å². The fourth-order valence-electron chi connectivity index (χ4n) is 3.02. The van der Waals surface area contributed by atoms with Crippen LogP contribution in [-0.2, 0) is 10.2 Å². The van der Waals surface area contributed by atoms with Gasteiger partial charge in [-0.1, -0.05) is 32.9 Å². The molecule has 0 radical (unpaired) electrons. The molecule has 0 aromatic heterocycles. The van der Waals surface area contributed by atoms with Crippen LogP contribution in [0.2, 0.25) is 0 Å². The van der Waals surface area contributed by atoms with Crippen LogP contribution in [0.3, 0.4) is 0 Å². The average Bonchev–Trinajstić information content (AvgIpc) is 2.79. The predicted molar refractivity (Wildman–Crippen MR) is 130 cm³/mol. The zero-order valence-electron chi connectivity index (χ0n) is 18.7. The van der Waals surface area contributed by atoms with Crippen LogP contribution in [0.1, 0.15) is 42.3 Å². The Hall–Kier alpha value is -4.26. The minimum Gasteiger partial charge on any atom is -0.323 e. The zero-order chi connectivity index (χ0) is 24.0. The molecule has 168 valence electrons. The van der Waals surface area contributed by atoms with Crippen LogP contribution in [-0.4, -0.2) is 16.7 Å². The Morgan fingerprint density at radius 2 is 1.36 bits per heavy atom. The van der Waals surface area contributed by atoms with Crippen molar-refractivity contribution in [3.05, 3.63) is 106 Å². The van der Waals surface area contributed by atoms with Gasteiger partial charge in [0.25, 0.3) is 11.6 Å². The van der Waals surface area contributed by atoms with Crippen LogP contribution >= 0.6 is 0 Å². The first-order chi connectivity index (χ1) is 15.6. The summed E-state index contributed by atoms with van der Waals surface area (Å²) in [5.74, 6) is -0.553. The summed E-state index contributed by atoms with van der Waals surface area (Å²) >= 11 is 0. The molecule has 0 heterocycles. The van der Waals surface area contributed by atoms with Crippen LogP contribution in [0, 0.1) is 10.1 Å². The molecule has 7 nitrogen and oxygen atoms in total. The second kappa shape index (κ2) is 9.91. The number of nitro benzene ring substituents is 1. The van der Waals surface area contributed by atoms with E-state index in [1.165, 1.54) is 18.2 Å². The summed E-state index contributed by atoms with van der Waals surface area (Å²) < 4.78 is 0. The van der Waals surface area contributed by atoms with Crippen LogP contribution in [0.25, 0.3) is 6.08 Å². The number of nitro groups is 1. The number of non-ortho nitro benzene ring substituents is 1. The summed E-state index contributed by atoms with van der Waals surface area (Å²) in [5, 5.41) is 16.3. The molecule has 3 aromatic rings. The molecule has 0 unspecified atom stereocenters. The largest absolute Gasteiger partial charge is 0.323 e. The van der Waals surface area contributed by atoms with E-state index in [9.17, 15) is 19.7 Å². The van der Waals surface area contributed by atoms with Crippen LogP contribution in [0.5, 0.6) is 0 Å². The molecule has 0 aliphatic heterocycles. The maximum absolute atomic E-state index is 12.5. The van der Waals surface area contributed by atoms with E-state index in [-0.39, 0.29) is 22.9 Å². The van der Waals surface area contributed by atoms with Gasteiger partial charge in [-0.25, -0.2) is 0 Å². The van der Waals surface area contributed by atoms with E-state index in [1.54, 1.807) is 42.5 Å². The number of nitrogens with zero attached hydrogens (tertiary/aromatic N) is 1. The molecule has 0 atom stereocenters. The second-order valence-electron chi connectivity index (χ2n) is 8.53. The zero-order valence-corrected chi connectivity index (χ0v) is 18.7. The van der Waals surface area contributed by atoms with Gasteiger partial charge in [0.15, 0.2) is 0 Å². The average molecular weight is 444 g/mol. The minimum absolute atomic E-state index is 0.00861. The van der Waals surface area contributed by atoms with Crippen molar-refractivity contribution in [2.75, 3.05) is 10.6 Å². The standard InChI is InChI=1S/C26H25N3O4/c1-26(2,3)20-9-7-19(8-10-20)25(31)28-22-13-11-21(12-14-22)27-24(30)17-6-18-4-15-23(16-5-18)29(32)33/h4-17H,1-3H3,(H,27,30)(H,28,31)/b17-6+. The maximum atomic E-state index is 12.5. The van der Waals surface area contributed by atoms with Crippen molar-refractivity contribution in [2.24, 2.45) is 0 Å². The first-order valence-corrected chi connectivity index (χ1v) is 10.4. The molecule has 3 aromatic carbocycles. The molecule has 0 spiro atoms. The lowest BCUT2D eigenvalue weighted by atomic mass is 9.87. The summed E-state index contributed by atoms with van der Waals surface area (Å²) in [6, 6.07) is 20.2. The Morgan fingerprint density at radius 1 is 0.818 bits per heavy atom. The van der Waals surface area contributed by atoms with Gasteiger partial charge in [0.2, 0.25) is 5.91 Å². The van der Waals surface area contributed by atoms with Crippen LogP contribution in [0.15, 0.2) is 78.9 Å². The lowest BCUT2D eigenvalue weighted by molar-refractivity contribution is -0.384. The number of amides is 2. The second-order valence-corrected chi connectivity index (χ2v) is 8.53. The molecule has 0 bridgehead atoms. The Kier molecular flexibility index (Phi) is 7.03. The molecule has 3 rings (SSSR count). The molecular weight excluding hydrogens is 418 g/mol. The molecule has 0 saturated carbocycles. The highest BCUT2D eigenvalue weighted by atomic mass is 16.6. The van der Waals surface area contributed by atoms with Crippen molar-refractivity contribution in [1.82, 2.24) is 0 Å². The van der Waals surface area contributed by atoms with Gasteiger partial charge in [-0.3, -0.25) is 19.7 Å². The summed E-state index contributed by atoms with van der Waals surface area (Å²) in [6.07, 6.45) is 2.91. The highest BCUT2D eigenvalue weighted by molar-refractivity contribution is 6.05. The fraction of sp³-hybridized carbons (Fsp3) is 0.154. The van der Waals surface area contributed by atoms with Gasteiger partial charge in [-0.05, 0) is 71.1 Å². The van der Waals surface area contributed by atoms with Crippen molar-refractivity contribution < 1.29 is 14.5 Å². The Bertz CT molecular complexity index is 1170. The number of hydrogen-bond acceptors (Lipinski definition) is 4. The molecular formula is C26H25N3O4. The van der Waals surface area contributed by atoms with Gasteiger partial charge in [0.1, 0.15) is 0 Å². The van der Waals surface area contributed by atoms with Crippen molar-refractivity contribution in [1.29, 1.82) is 0 Å². The van der Waals surface area contributed by atoms with Crippen molar-refractivity contribution >= 4 is 35.0 Å². The molecule has 0 aliphatic rings. The quantitative estimate of drug-likeness (QED) is 0.286. The molecule has 33 heavy (non-hydrogen) atoms. The van der Waals surface area contributed by atoms with E-state index in [0.29, 0.717) is 22.5 Å². The topological polar surface area (TPSA) is 101 Å². The van der Waals surface area contributed by atoms with Crippen LogP contribution in [0.4, 0.5) is 17.1 Å². The lowest BCUT2D eigenvalue weighted by Crippen LogP contribution is -2.14. The molecule has 2 N–H and O–H groups in total. The van der Waals surface area contributed by atoms with E-state index in [1.807, 2.05) is 24.3 Å². The molecule has 2 amide bonds. The molecule has 0 saturated heterocycles. The number of anilines is 2. The van der Waals surface area contributed by atoms with E-state index in [0.717, 1.165) is 5.56 Å². The third-order valence-electron chi connectivity index (χ3n) is 4.95. The van der Waals surface area contributed by atoms with Crippen molar-refractivity contribution in [3.63, 3.8) is 0 Å². The number of carbonyl (C=O) groups excluding carboxylic acids is 2. The highest BCUT2D eigenvalue weighted by Crippen LogP contribution is 2.22. The minimum atomic E-state index is -0.477. The Balaban J connectivity index is 1.55. The first-order valence-electron chi connectivity index (χ1n) is 10.4. The van der Waals surface area contributed by atoms with Gasteiger partial charge in [-0.15, -0.1) is 0 Å². The van der Waals surface area contributed by atoms with Gasteiger partial charge in [0, 0.05) is 35.1 Å². The SMILES string of the molecule is CC(C)(C)c1ccc(C(=O)Nc2ccc(NC(=O)/C=C/c3ccc([N+](=O)[O-])cc3)cc2)cc1. The van der Waals surface area contributed by atoms with Crippen molar-refractivity contribution in [3.8, 4) is 0 Å². The number of carbonyl (C=O) groups is 2. The molecule has 0 aliphatic carbocycles. The Morgan fingerprint density at radius 3 is 1.88 bits per heavy atom. The van der Waals surface area contributed by atoms with Gasteiger partial charge >= 0.3 is 0 Å². The summed E-state index contributed by atoms with van der Waals surface area (Å²) in [7, 11) is 0. The third-order valence-corrected chi connectivity index (χ3v) is 4.95. The monoisotopic (exact) mass is 443 g/mol. The van der Waals surface area contributed by atoms with Gasteiger partial charge in [-0.2, -0.15) is 0 Å². The Labute approximate surface area is 192 Å². The number of hydrogen-bond donors (Lipinski definition) is 2. The predicted octanol–water partition coefficient (Wildman–Crippen LogP) is 5.80. The summed E-state index contributed by atoms with van der Waals surface area (Å²) in [6.45, 7) is 6.36. The third kappa shape index (κ3) is 6.61. The fourth-order valence-corrected chi connectivity index (χ4v) is 3.02. The van der Waals surface area contributed by atoms with E-state index < -0.39 is 4.92 Å². The number of rotatable bonds is 6. The van der Waals surface area contributed by atoms with Crippen molar-refractivity contribution in [2.45, 2.75) is 26.2 Å². The molecule has 7 heteroatoms. The number of nitrogens with one attached hydrogen (secondary N) is 2. The van der Waals surface area contributed by atoms with Gasteiger partial charge < -0.3 is 10.6 Å². The van der Waals surface area contributed by atoms with E-state index in [4.69, 9.17) is 0 Å². The number of benzene rings is 3. The first kappa shape index (κ1) is 23.4. The smallest absolute Gasteiger partial charge is 0.269 e. The van der Waals surface area contributed by atoms with Gasteiger partial charge in [0.05, 0.1) is 4.92 Å². The normalized spacial score (nSPS) is 11.2. The van der Waals surface area contributed by atoms with E-state index >= 15 is 0 Å². The highest BCUT2D eigenvalue weighted by Gasteiger charge is 2.14. The lowest BCUT2D eigenvalue weighted by Gasteiger charge is -2.19. The molecule has 0 fully saturated rings. The van der Waals surface area contributed by atoms with E-state index in [2.05, 4.69) is 31.4 Å². The summed E-state index contributed by atoms with van der Waals surface area (Å²) in [5.41, 5.74) is 3.58.